The molecule has 2 rings (SSSR count). The summed E-state index contributed by atoms with van der Waals surface area (Å²) in [6.07, 6.45) is 9.22. The van der Waals surface area contributed by atoms with Crippen molar-refractivity contribution in [3.8, 4) is 11.5 Å². The molecule has 0 fully saturated rings. The minimum atomic E-state index is -0.770. The van der Waals surface area contributed by atoms with Crippen molar-refractivity contribution < 1.29 is 24.1 Å². The summed E-state index contributed by atoms with van der Waals surface area (Å²) in [6.45, 7) is 16.7. The van der Waals surface area contributed by atoms with Crippen LogP contribution in [0.2, 0.25) is 0 Å². The first-order chi connectivity index (χ1) is 16.1. The highest BCUT2D eigenvalue weighted by atomic mass is 16.8. The maximum absolute atomic E-state index is 11.7. The highest BCUT2D eigenvalue weighted by Crippen LogP contribution is 2.48. The van der Waals surface area contributed by atoms with Crippen LogP contribution < -0.4 is 4.74 Å². The Balaban J connectivity index is 2.44. The molecule has 1 aliphatic rings. The van der Waals surface area contributed by atoms with E-state index in [9.17, 15) is 9.90 Å². The zero-order chi connectivity index (χ0) is 25.3. The Labute approximate surface area is 206 Å². The molecule has 1 aromatic carbocycles. The topological polar surface area (TPSA) is 65.0 Å². The predicted octanol–water partition coefficient (Wildman–Crippen LogP) is 8.17. The Morgan fingerprint density at radius 3 is 2.56 bits per heavy atom. The number of benzene rings is 1. The molecule has 1 aliphatic carbocycles. The van der Waals surface area contributed by atoms with Crippen LogP contribution >= 0.6 is 0 Å². The van der Waals surface area contributed by atoms with E-state index in [0.29, 0.717) is 5.75 Å². The number of carbonyl (C=O) groups excluding carboxylic acids is 1. The van der Waals surface area contributed by atoms with Crippen molar-refractivity contribution in [1.29, 1.82) is 0 Å². The molecule has 0 saturated heterocycles. The third-order valence-electron chi connectivity index (χ3n) is 6.92. The molecule has 0 bridgehead atoms. The van der Waals surface area contributed by atoms with Gasteiger partial charge in [-0.1, -0.05) is 70.3 Å². The summed E-state index contributed by atoms with van der Waals surface area (Å²) in [5.74, 6) is 0.914. The number of rotatable bonds is 12. The number of unbranched alkanes of at least 4 members (excludes halogenated alkanes) is 3. The number of hydrogen-bond acceptors (Lipinski definition) is 5. The lowest BCUT2D eigenvalue weighted by molar-refractivity contribution is 0.00631. The van der Waals surface area contributed by atoms with Gasteiger partial charge in [-0.3, -0.25) is 0 Å². The summed E-state index contributed by atoms with van der Waals surface area (Å²) in [7, 11) is 0. The standard InChI is InChI=1S/C29H44O5/c1-8-10-11-12-15-29(6,7)22-17-25(30)27(24-16-21(5)13-14-23(24)20(3)4)26(18-22)33-19-34-28(31)32-9-2/h16-18,23-24,30H,3,8-15,19H2,1-2,4-7H3/t23-,24+/m0/s1. The molecular formula is C29H44O5. The summed E-state index contributed by atoms with van der Waals surface area (Å²) in [4.78, 5) is 11.7. The molecule has 0 radical (unpaired) electrons. The lowest BCUT2D eigenvalue weighted by Gasteiger charge is -2.33. The summed E-state index contributed by atoms with van der Waals surface area (Å²) < 4.78 is 15.9. The zero-order valence-corrected chi connectivity index (χ0v) is 22.0. The minimum Gasteiger partial charge on any atom is -0.507 e. The summed E-state index contributed by atoms with van der Waals surface area (Å²) in [5.41, 5.74) is 3.98. The summed E-state index contributed by atoms with van der Waals surface area (Å²) in [5, 5.41) is 11.3. The van der Waals surface area contributed by atoms with Crippen molar-refractivity contribution in [3.05, 3.63) is 47.1 Å². The van der Waals surface area contributed by atoms with Gasteiger partial charge in [0.15, 0.2) is 0 Å². The van der Waals surface area contributed by atoms with Crippen molar-refractivity contribution in [2.24, 2.45) is 5.92 Å². The van der Waals surface area contributed by atoms with Gasteiger partial charge in [0.05, 0.1) is 6.61 Å². The molecule has 5 heteroatoms. The predicted molar refractivity (Wildman–Crippen MR) is 138 cm³/mol. The van der Waals surface area contributed by atoms with Crippen LogP contribution in [0.1, 0.15) is 104 Å². The quantitative estimate of drug-likeness (QED) is 0.144. The van der Waals surface area contributed by atoms with Crippen LogP contribution in [0.3, 0.4) is 0 Å². The Bertz CT molecular complexity index is 868. The fourth-order valence-corrected chi connectivity index (χ4v) is 4.80. The van der Waals surface area contributed by atoms with Crippen LogP contribution in [0.4, 0.5) is 4.79 Å². The van der Waals surface area contributed by atoms with Gasteiger partial charge in [-0.15, -0.1) is 0 Å². The van der Waals surface area contributed by atoms with Gasteiger partial charge in [0, 0.05) is 11.5 Å². The largest absolute Gasteiger partial charge is 0.511 e. The monoisotopic (exact) mass is 472 g/mol. The molecule has 1 N–H and O–H groups in total. The Kier molecular flexibility index (Phi) is 10.5. The highest BCUT2D eigenvalue weighted by Gasteiger charge is 2.32. The van der Waals surface area contributed by atoms with Gasteiger partial charge in [-0.25, -0.2) is 4.79 Å². The molecular weight excluding hydrogens is 428 g/mol. The maximum Gasteiger partial charge on any atom is 0.511 e. The molecule has 0 saturated carbocycles. The molecule has 34 heavy (non-hydrogen) atoms. The number of phenolic OH excluding ortho intramolecular Hbond substituents is 1. The summed E-state index contributed by atoms with van der Waals surface area (Å²) >= 11 is 0. The van der Waals surface area contributed by atoms with Gasteiger partial charge in [-0.05, 0) is 69.1 Å². The van der Waals surface area contributed by atoms with Crippen molar-refractivity contribution in [2.75, 3.05) is 13.4 Å². The second-order valence-corrected chi connectivity index (χ2v) is 10.2. The van der Waals surface area contributed by atoms with E-state index in [1.54, 1.807) is 6.92 Å². The van der Waals surface area contributed by atoms with E-state index >= 15 is 0 Å². The van der Waals surface area contributed by atoms with E-state index in [2.05, 4.69) is 40.3 Å². The molecule has 0 unspecified atom stereocenters. The third-order valence-corrected chi connectivity index (χ3v) is 6.92. The number of carbonyl (C=O) groups is 1. The molecule has 0 aliphatic heterocycles. The second kappa shape index (κ2) is 12.9. The van der Waals surface area contributed by atoms with Crippen LogP contribution in [0.25, 0.3) is 0 Å². The third kappa shape index (κ3) is 7.54. The Hall–Kier alpha value is -2.43. The molecule has 2 atom stereocenters. The molecule has 5 nitrogen and oxygen atoms in total. The van der Waals surface area contributed by atoms with Crippen LogP contribution in [0.15, 0.2) is 35.9 Å². The van der Waals surface area contributed by atoms with Gasteiger partial charge in [0.2, 0.25) is 6.79 Å². The van der Waals surface area contributed by atoms with E-state index < -0.39 is 6.16 Å². The number of aromatic hydroxyl groups is 1. The molecule has 0 aromatic heterocycles. The minimum absolute atomic E-state index is 0.0504. The van der Waals surface area contributed by atoms with Crippen LogP contribution in [0.5, 0.6) is 11.5 Å². The van der Waals surface area contributed by atoms with E-state index in [0.717, 1.165) is 42.4 Å². The van der Waals surface area contributed by atoms with Crippen LogP contribution in [-0.2, 0) is 14.9 Å². The van der Waals surface area contributed by atoms with Crippen molar-refractivity contribution in [2.45, 2.75) is 97.8 Å². The van der Waals surface area contributed by atoms with Gasteiger partial charge < -0.3 is 19.3 Å². The molecule has 0 spiro atoms. The lowest BCUT2D eigenvalue weighted by Crippen LogP contribution is -2.21. The number of hydrogen-bond donors (Lipinski definition) is 1. The smallest absolute Gasteiger partial charge is 0.507 e. The van der Waals surface area contributed by atoms with Crippen molar-refractivity contribution in [1.82, 2.24) is 0 Å². The fraction of sp³-hybridized carbons (Fsp3) is 0.621. The molecule has 190 valence electrons. The first-order valence-electron chi connectivity index (χ1n) is 12.7. The first-order valence-corrected chi connectivity index (χ1v) is 12.7. The number of allylic oxidation sites excluding steroid dienone is 3. The second-order valence-electron chi connectivity index (χ2n) is 10.2. The fourth-order valence-electron chi connectivity index (χ4n) is 4.80. The van der Waals surface area contributed by atoms with Crippen molar-refractivity contribution in [3.63, 3.8) is 0 Å². The normalized spacial score (nSPS) is 18.2. The average Bonchev–Trinajstić information content (AvgIpc) is 2.76. The summed E-state index contributed by atoms with van der Waals surface area (Å²) in [6, 6.07) is 3.90. The lowest BCUT2D eigenvalue weighted by atomic mass is 9.72. The van der Waals surface area contributed by atoms with E-state index in [1.165, 1.54) is 24.8 Å². The van der Waals surface area contributed by atoms with Crippen molar-refractivity contribution >= 4 is 6.16 Å². The van der Waals surface area contributed by atoms with Gasteiger partial charge in [0.1, 0.15) is 11.5 Å². The van der Waals surface area contributed by atoms with E-state index in [-0.39, 0.29) is 36.4 Å². The Morgan fingerprint density at radius 1 is 1.18 bits per heavy atom. The number of ether oxygens (including phenoxy) is 3. The van der Waals surface area contributed by atoms with E-state index in [1.807, 2.05) is 19.1 Å². The SMILES string of the molecule is C=C(C)[C@@H]1CCC(C)=C[C@H]1c1c(O)cc(C(C)(C)CCCCCC)cc1OCOC(=O)OCC. The maximum atomic E-state index is 11.7. The van der Waals surface area contributed by atoms with Crippen LogP contribution in [0, 0.1) is 5.92 Å². The Morgan fingerprint density at radius 2 is 1.91 bits per heavy atom. The molecule has 1 aromatic rings. The first kappa shape index (κ1) is 27.8. The molecule has 0 heterocycles. The zero-order valence-electron chi connectivity index (χ0n) is 22.0. The number of phenols is 1. The highest BCUT2D eigenvalue weighted by molar-refractivity contribution is 5.59. The van der Waals surface area contributed by atoms with Gasteiger partial charge >= 0.3 is 6.16 Å². The van der Waals surface area contributed by atoms with Gasteiger partial charge in [-0.2, -0.15) is 0 Å². The molecule has 0 amide bonds. The average molecular weight is 473 g/mol. The van der Waals surface area contributed by atoms with Gasteiger partial charge in [0.25, 0.3) is 0 Å². The van der Waals surface area contributed by atoms with E-state index in [4.69, 9.17) is 14.2 Å². The van der Waals surface area contributed by atoms with Crippen LogP contribution in [-0.4, -0.2) is 24.7 Å².